The van der Waals surface area contributed by atoms with Gasteiger partial charge in [0.25, 0.3) is 5.91 Å². The van der Waals surface area contributed by atoms with Gasteiger partial charge in [-0.2, -0.15) is 4.98 Å². The Bertz CT molecular complexity index is 1280. The number of aromatic nitrogens is 2. The first-order chi connectivity index (χ1) is 20.6. The molecule has 4 rings (SSSR count). The van der Waals surface area contributed by atoms with Crippen LogP contribution in [-0.4, -0.2) is 118 Å². The SMILES string of the molecule is COc1cc(C(=O)NC2CCN(C)CC2)ccc1Nc1ncc2c(n1)N(CCC(=O)NCCCN(C)C)CCC(=O)N2C. The second kappa shape index (κ2) is 15.0. The number of methoxy groups -OCH3 is 1. The van der Waals surface area contributed by atoms with E-state index >= 15 is 0 Å². The van der Waals surface area contributed by atoms with Crippen molar-refractivity contribution in [2.24, 2.45) is 0 Å². The van der Waals surface area contributed by atoms with Crippen LogP contribution in [0.4, 0.5) is 23.1 Å². The number of ether oxygens (including phenoxy) is 1. The molecule has 3 heterocycles. The van der Waals surface area contributed by atoms with Gasteiger partial charge in [-0.15, -0.1) is 0 Å². The number of hydrogen-bond acceptors (Lipinski definition) is 10. The van der Waals surface area contributed by atoms with Crippen molar-refractivity contribution in [3.63, 3.8) is 0 Å². The lowest BCUT2D eigenvalue weighted by Gasteiger charge is -2.29. The number of carbonyl (C=O) groups is 3. The number of fused-ring (bicyclic) bond motifs is 1. The minimum absolute atomic E-state index is 0.0404. The average Bonchev–Trinajstić information content (AvgIpc) is 3.11. The predicted octanol–water partition coefficient (Wildman–Crippen LogP) is 1.68. The van der Waals surface area contributed by atoms with Crippen LogP contribution < -0.4 is 30.5 Å². The summed E-state index contributed by atoms with van der Waals surface area (Å²) >= 11 is 0. The molecular formula is C30H45N9O4. The molecule has 1 aromatic carbocycles. The summed E-state index contributed by atoms with van der Waals surface area (Å²) in [6, 6.07) is 5.37. The van der Waals surface area contributed by atoms with Gasteiger partial charge >= 0.3 is 0 Å². The van der Waals surface area contributed by atoms with E-state index in [9.17, 15) is 14.4 Å². The first kappa shape index (κ1) is 32.0. The number of nitrogens with one attached hydrogen (secondary N) is 3. The molecular weight excluding hydrogens is 550 g/mol. The van der Waals surface area contributed by atoms with E-state index in [0.29, 0.717) is 60.5 Å². The van der Waals surface area contributed by atoms with Crippen molar-refractivity contribution >= 4 is 40.9 Å². The maximum Gasteiger partial charge on any atom is 0.251 e. The summed E-state index contributed by atoms with van der Waals surface area (Å²) < 4.78 is 5.60. The number of hydrogen-bond donors (Lipinski definition) is 3. The fourth-order valence-corrected chi connectivity index (χ4v) is 5.18. The highest BCUT2D eigenvalue weighted by atomic mass is 16.5. The Morgan fingerprint density at radius 2 is 1.91 bits per heavy atom. The van der Waals surface area contributed by atoms with Crippen molar-refractivity contribution in [1.82, 2.24) is 30.4 Å². The van der Waals surface area contributed by atoms with Gasteiger partial charge in [0.2, 0.25) is 17.8 Å². The molecule has 0 unspecified atom stereocenters. The van der Waals surface area contributed by atoms with Crippen LogP contribution in [0.5, 0.6) is 5.75 Å². The van der Waals surface area contributed by atoms with Crippen LogP contribution in [0, 0.1) is 0 Å². The van der Waals surface area contributed by atoms with Gasteiger partial charge < -0.3 is 40.3 Å². The molecule has 0 atom stereocenters. The van der Waals surface area contributed by atoms with E-state index < -0.39 is 0 Å². The maximum atomic E-state index is 12.9. The lowest BCUT2D eigenvalue weighted by Crippen LogP contribution is -2.43. The minimum Gasteiger partial charge on any atom is -0.495 e. The number of likely N-dealkylation sites (tertiary alicyclic amines) is 1. The molecule has 0 radical (unpaired) electrons. The number of rotatable bonds is 12. The molecule has 13 nitrogen and oxygen atoms in total. The Balaban J connectivity index is 1.45. The van der Waals surface area contributed by atoms with E-state index in [4.69, 9.17) is 9.72 Å². The normalized spacial score (nSPS) is 16.1. The molecule has 2 aliphatic heterocycles. The highest BCUT2D eigenvalue weighted by Gasteiger charge is 2.27. The number of nitrogens with zero attached hydrogens (tertiary/aromatic N) is 6. The summed E-state index contributed by atoms with van der Waals surface area (Å²) in [5.41, 5.74) is 1.68. The second-order valence-electron chi connectivity index (χ2n) is 11.4. The monoisotopic (exact) mass is 595 g/mol. The van der Waals surface area contributed by atoms with Gasteiger partial charge in [-0.3, -0.25) is 14.4 Å². The Labute approximate surface area is 254 Å². The van der Waals surface area contributed by atoms with Crippen molar-refractivity contribution in [3.8, 4) is 5.75 Å². The molecule has 0 spiro atoms. The molecule has 3 amide bonds. The maximum absolute atomic E-state index is 12.9. The third-order valence-corrected chi connectivity index (χ3v) is 7.86. The minimum atomic E-state index is -0.134. The molecule has 43 heavy (non-hydrogen) atoms. The van der Waals surface area contributed by atoms with Gasteiger partial charge in [-0.25, -0.2) is 4.98 Å². The first-order valence-corrected chi connectivity index (χ1v) is 14.9. The molecule has 234 valence electrons. The zero-order valence-electron chi connectivity index (χ0n) is 26.0. The third kappa shape index (κ3) is 8.77. The molecule has 2 aliphatic rings. The Morgan fingerprint density at radius 3 is 2.63 bits per heavy atom. The summed E-state index contributed by atoms with van der Waals surface area (Å²) in [6.07, 6.45) is 4.91. The van der Waals surface area contributed by atoms with E-state index in [1.165, 1.54) is 0 Å². The first-order valence-electron chi connectivity index (χ1n) is 14.9. The van der Waals surface area contributed by atoms with Crippen LogP contribution in [0.15, 0.2) is 24.4 Å². The summed E-state index contributed by atoms with van der Waals surface area (Å²) in [7, 11) is 9.35. The molecule has 1 aromatic heterocycles. The highest BCUT2D eigenvalue weighted by Crippen LogP contribution is 2.33. The fourth-order valence-electron chi connectivity index (χ4n) is 5.18. The Hall–Kier alpha value is -3.97. The largest absolute Gasteiger partial charge is 0.495 e. The lowest BCUT2D eigenvalue weighted by molar-refractivity contribution is -0.121. The zero-order chi connectivity index (χ0) is 30.9. The second-order valence-corrected chi connectivity index (χ2v) is 11.4. The number of anilines is 4. The number of piperidine rings is 1. The smallest absolute Gasteiger partial charge is 0.251 e. The van der Waals surface area contributed by atoms with Crippen LogP contribution in [0.3, 0.4) is 0 Å². The quantitative estimate of drug-likeness (QED) is 0.311. The van der Waals surface area contributed by atoms with Gasteiger partial charge in [-0.05, 0) is 78.2 Å². The van der Waals surface area contributed by atoms with Crippen molar-refractivity contribution in [1.29, 1.82) is 0 Å². The van der Waals surface area contributed by atoms with E-state index in [1.807, 2.05) is 19.0 Å². The molecule has 1 saturated heterocycles. The van der Waals surface area contributed by atoms with Crippen LogP contribution in [-0.2, 0) is 9.59 Å². The van der Waals surface area contributed by atoms with Gasteiger partial charge in [-0.1, -0.05) is 0 Å². The van der Waals surface area contributed by atoms with Gasteiger partial charge in [0.1, 0.15) is 11.4 Å². The van der Waals surface area contributed by atoms with E-state index in [2.05, 4.69) is 37.8 Å². The van der Waals surface area contributed by atoms with Gasteiger partial charge in [0.15, 0.2) is 5.82 Å². The van der Waals surface area contributed by atoms with Crippen LogP contribution in [0.25, 0.3) is 0 Å². The Morgan fingerprint density at radius 1 is 1.14 bits per heavy atom. The van der Waals surface area contributed by atoms with Crippen LogP contribution in [0.1, 0.15) is 42.5 Å². The molecule has 1 fully saturated rings. The fraction of sp³-hybridized carbons (Fsp3) is 0.567. The number of benzene rings is 1. The van der Waals surface area contributed by atoms with Gasteiger partial charge in [0, 0.05) is 51.1 Å². The number of amides is 3. The molecule has 0 aliphatic carbocycles. The topological polar surface area (TPSA) is 135 Å². The van der Waals surface area contributed by atoms with Crippen LogP contribution in [0.2, 0.25) is 0 Å². The Kier molecular flexibility index (Phi) is 11.1. The average molecular weight is 596 g/mol. The van der Waals surface area contributed by atoms with Crippen molar-refractivity contribution in [3.05, 3.63) is 30.0 Å². The zero-order valence-corrected chi connectivity index (χ0v) is 26.0. The molecule has 0 bridgehead atoms. The molecule has 3 N–H and O–H groups in total. The number of carbonyl (C=O) groups excluding carboxylic acids is 3. The lowest BCUT2D eigenvalue weighted by atomic mass is 10.0. The molecule has 13 heteroatoms. The highest BCUT2D eigenvalue weighted by molar-refractivity contribution is 5.97. The summed E-state index contributed by atoms with van der Waals surface area (Å²) in [5.74, 6) is 1.13. The van der Waals surface area contributed by atoms with Crippen LogP contribution >= 0.6 is 0 Å². The third-order valence-electron chi connectivity index (χ3n) is 7.86. The van der Waals surface area contributed by atoms with Crippen molar-refractivity contribution < 1.29 is 19.1 Å². The summed E-state index contributed by atoms with van der Waals surface area (Å²) in [4.78, 5) is 55.2. The van der Waals surface area contributed by atoms with Gasteiger partial charge in [0.05, 0.1) is 19.0 Å². The van der Waals surface area contributed by atoms with E-state index in [1.54, 1.807) is 43.5 Å². The standard InChI is InChI=1S/C30H45N9O4/c1-36(2)14-6-13-31-26(40)11-17-39-18-12-27(41)38(4)24-20-32-30(35-28(24)39)34-23-8-7-21(19-25(23)43-5)29(42)33-22-9-15-37(3)16-10-22/h7-8,19-20,22H,6,9-18H2,1-5H3,(H,31,40)(H,33,42)(H,32,34,35). The molecule has 2 aromatic rings. The summed E-state index contributed by atoms with van der Waals surface area (Å²) in [6.45, 7) is 4.29. The van der Waals surface area contributed by atoms with E-state index in [-0.39, 0.29) is 30.2 Å². The van der Waals surface area contributed by atoms with E-state index in [0.717, 1.165) is 38.9 Å². The summed E-state index contributed by atoms with van der Waals surface area (Å²) in [5, 5.41) is 9.31. The molecule has 0 saturated carbocycles. The van der Waals surface area contributed by atoms with Crippen molar-refractivity contribution in [2.45, 2.75) is 38.1 Å². The predicted molar refractivity (Wildman–Crippen MR) is 167 cm³/mol. The van der Waals surface area contributed by atoms with Crippen molar-refractivity contribution in [2.75, 3.05) is 89.7 Å².